The van der Waals surface area contributed by atoms with Crippen molar-refractivity contribution < 1.29 is 9.59 Å². The van der Waals surface area contributed by atoms with E-state index in [0.717, 1.165) is 9.79 Å². The van der Waals surface area contributed by atoms with Crippen molar-refractivity contribution in [1.82, 2.24) is 0 Å². The van der Waals surface area contributed by atoms with Crippen LogP contribution in [0.5, 0.6) is 0 Å². The molecule has 0 bridgehead atoms. The molecule has 0 N–H and O–H groups in total. The van der Waals surface area contributed by atoms with Crippen molar-refractivity contribution in [3.05, 3.63) is 59.7 Å². The Labute approximate surface area is 113 Å². The molecule has 2 nitrogen and oxygen atoms in total. The van der Waals surface area contributed by atoms with Crippen molar-refractivity contribution in [3.8, 4) is 0 Å². The Kier molecular flexibility index (Phi) is 4.61. The van der Waals surface area contributed by atoms with Gasteiger partial charge in [0.25, 0.3) is 0 Å². The summed E-state index contributed by atoms with van der Waals surface area (Å²) < 4.78 is 0. The minimum absolute atomic E-state index is 0.530. The maximum Gasteiger partial charge on any atom is 0.234 e. The van der Waals surface area contributed by atoms with Gasteiger partial charge in [0.2, 0.25) is 12.6 Å². The topological polar surface area (TPSA) is 34.1 Å². The summed E-state index contributed by atoms with van der Waals surface area (Å²) in [5, 5.41) is 0. The van der Waals surface area contributed by atoms with Gasteiger partial charge in [-0.05, 0) is 24.3 Å². The summed E-state index contributed by atoms with van der Waals surface area (Å²) in [4.78, 5) is 23.2. The lowest BCUT2D eigenvalue weighted by Crippen LogP contribution is -1.84. The molecule has 0 amide bonds. The SMILES string of the molecule is O=[C]c1ccccc1SSc1ccccc1[C]=O. The van der Waals surface area contributed by atoms with Crippen LogP contribution < -0.4 is 0 Å². The summed E-state index contributed by atoms with van der Waals surface area (Å²) in [5.41, 5.74) is 1.06. The second-order valence-electron chi connectivity index (χ2n) is 3.36. The molecule has 0 saturated carbocycles. The molecular formula is C14H8O2S2. The molecule has 4 heteroatoms. The summed E-state index contributed by atoms with van der Waals surface area (Å²) in [6.07, 6.45) is 3.80. The zero-order valence-corrected chi connectivity index (χ0v) is 10.9. The van der Waals surface area contributed by atoms with Crippen molar-refractivity contribution in [2.45, 2.75) is 9.79 Å². The Hall–Kier alpha value is -1.52. The summed E-state index contributed by atoms with van der Waals surface area (Å²) in [7, 11) is 2.86. The van der Waals surface area contributed by atoms with Crippen LogP contribution in [0, 0.1) is 0 Å². The van der Waals surface area contributed by atoms with E-state index in [0.29, 0.717) is 11.1 Å². The van der Waals surface area contributed by atoms with E-state index in [2.05, 4.69) is 0 Å². The van der Waals surface area contributed by atoms with Crippen LogP contribution in [0.15, 0.2) is 58.3 Å². The first-order valence-electron chi connectivity index (χ1n) is 5.14. The zero-order chi connectivity index (χ0) is 12.8. The van der Waals surface area contributed by atoms with Gasteiger partial charge in [0.1, 0.15) is 0 Å². The van der Waals surface area contributed by atoms with Gasteiger partial charge in [-0.2, -0.15) is 0 Å². The van der Waals surface area contributed by atoms with Gasteiger partial charge >= 0.3 is 0 Å². The second kappa shape index (κ2) is 6.42. The van der Waals surface area contributed by atoms with Crippen LogP contribution in [0.4, 0.5) is 0 Å². The van der Waals surface area contributed by atoms with Crippen molar-refractivity contribution in [3.63, 3.8) is 0 Å². The molecule has 0 aromatic heterocycles. The molecule has 0 fully saturated rings. The van der Waals surface area contributed by atoms with Crippen LogP contribution in [-0.4, -0.2) is 12.6 Å². The smallest absolute Gasteiger partial charge is 0.234 e. The van der Waals surface area contributed by atoms with E-state index in [4.69, 9.17) is 0 Å². The normalized spacial score (nSPS) is 10.0. The van der Waals surface area contributed by atoms with E-state index in [1.807, 2.05) is 36.8 Å². The maximum atomic E-state index is 10.8. The Morgan fingerprint density at radius 3 is 1.44 bits per heavy atom. The van der Waals surface area contributed by atoms with Gasteiger partial charge in [-0.1, -0.05) is 45.9 Å². The molecule has 0 atom stereocenters. The third kappa shape index (κ3) is 3.03. The fourth-order valence-electron chi connectivity index (χ4n) is 1.34. The van der Waals surface area contributed by atoms with Gasteiger partial charge in [-0.25, -0.2) is 0 Å². The second-order valence-corrected chi connectivity index (χ2v) is 5.58. The Morgan fingerprint density at radius 1 is 0.667 bits per heavy atom. The van der Waals surface area contributed by atoms with E-state index in [1.54, 1.807) is 24.3 Å². The lowest BCUT2D eigenvalue weighted by Gasteiger charge is -2.04. The molecule has 0 aliphatic rings. The number of hydrogen-bond donors (Lipinski definition) is 0. The standard InChI is InChI=1S/C14H8O2S2/c15-9-11-5-1-3-7-13(11)17-18-14-8-4-2-6-12(14)10-16/h1-8H. The third-order valence-electron chi connectivity index (χ3n) is 2.22. The van der Waals surface area contributed by atoms with E-state index < -0.39 is 0 Å². The number of carbonyl (C=O) groups excluding carboxylic acids is 2. The molecule has 0 aliphatic carbocycles. The Morgan fingerprint density at radius 2 is 1.06 bits per heavy atom. The van der Waals surface area contributed by atoms with Crippen LogP contribution in [0.3, 0.4) is 0 Å². The third-order valence-corrected chi connectivity index (χ3v) is 4.70. The van der Waals surface area contributed by atoms with E-state index in [1.165, 1.54) is 21.6 Å². The molecule has 2 aromatic carbocycles. The molecule has 0 aliphatic heterocycles. The van der Waals surface area contributed by atoms with Crippen molar-refractivity contribution in [1.29, 1.82) is 0 Å². The van der Waals surface area contributed by atoms with Crippen molar-refractivity contribution in [2.24, 2.45) is 0 Å². The quantitative estimate of drug-likeness (QED) is 0.781. The molecular weight excluding hydrogens is 264 g/mol. The highest BCUT2D eigenvalue weighted by Gasteiger charge is 2.06. The van der Waals surface area contributed by atoms with Gasteiger partial charge in [0.05, 0.1) is 0 Å². The molecule has 2 rings (SSSR count). The first-order valence-corrected chi connectivity index (χ1v) is 7.29. The Balaban J connectivity index is 2.16. The minimum atomic E-state index is 0.530. The highest BCUT2D eigenvalue weighted by Crippen LogP contribution is 2.39. The molecule has 18 heavy (non-hydrogen) atoms. The number of hydrogen-bond acceptors (Lipinski definition) is 4. The van der Waals surface area contributed by atoms with Crippen LogP contribution in [-0.2, 0) is 9.59 Å². The van der Waals surface area contributed by atoms with Crippen molar-refractivity contribution in [2.75, 3.05) is 0 Å². The number of rotatable bonds is 5. The van der Waals surface area contributed by atoms with Gasteiger partial charge in [0.15, 0.2) is 0 Å². The van der Waals surface area contributed by atoms with Gasteiger partial charge in [0, 0.05) is 20.9 Å². The zero-order valence-electron chi connectivity index (χ0n) is 9.25. The van der Waals surface area contributed by atoms with Crippen LogP contribution >= 0.6 is 21.6 Å². The van der Waals surface area contributed by atoms with E-state index in [-0.39, 0.29) is 0 Å². The fourth-order valence-corrected chi connectivity index (χ4v) is 3.59. The molecule has 2 aromatic rings. The van der Waals surface area contributed by atoms with E-state index in [9.17, 15) is 9.59 Å². The molecule has 2 radical (unpaired) electrons. The molecule has 0 spiro atoms. The van der Waals surface area contributed by atoms with Gasteiger partial charge in [-0.15, -0.1) is 0 Å². The summed E-state index contributed by atoms with van der Waals surface area (Å²) in [6, 6.07) is 14.4. The first-order chi connectivity index (χ1) is 8.85. The van der Waals surface area contributed by atoms with Crippen molar-refractivity contribution >= 4 is 34.2 Å². The summed E-state index contributed by atoms with van der Waals surface area (Å²) in [6.45, 7) is 0. The molecule has 88 valence electrons. The minimum Gasteiger partial charge on any atom is -0.285 e. The monoisotopic (exact) mass is 272 g/mol. The molecule has 0 unspecified atom stereocenters. The van der Waals surface area contributed by atoms with Gasteiger partial charge in [-0.3, -0.25) is 9.59 Å². The average Bonchev–Trinajstić information content (AvgIpc) is 2.45. The first kappa shape index (κ1) is 12.9. The predicted octanol–water partition coefficient (Wildman–Crippen LogP) is 3.40. The molecule has 0 saturated heterocycles. The average molecular weight is 272 g/mol. The largest absolute Gasteiger partial charge is 0.285 e. The lowest BCUT2D eigenvalue weighted by atomic mass is 10.2. The summed E-state index contributed by atoms with van der Waals surface area (Å²) in [5.74, 6) is 0. The highest BCUT2D eigenvalue weighted by atomic mass is 33.1. The number of benzene rings is 2. The van der Waals surface area contributed by atoms with Crippen LogP contribution in [0.25, 0.3) is 0 Å². The highest BCUT2D eigenvalue weighted by molar-refractivity contribution is 8.76. The fraction of sp³-hybridized carbons (Fsp3) is 0. The lowest BCUT2D eigenvalue weighted by molar-refractivity contribution is 0.561. The van der Waals surface area contributed by atoms with Crippen LogP contribution in [0.2, 0.25) is 0 Å². The summed E-state index contributed by atoms with van der Waals surface area (Å²) >= 11 is 0. The Bertz CT molecular complexity index is 516. The van der Waals surface area contributed by atoms with E-state index >= 15 is 0 Å². The van der Waals surface area contributed by atoms with Gasteiger partial charge < -0.3 is 0 Å². The predicted molar refractivity (Wildman–Crippen MR) is 74.2 cm³/mol. The van der Waals surface area contributed by atoms with Crippen LogP contribution in [0.1, 0.15) is 11.1 Å². The molecule has 0 heterocycles. The maximum absolute atomic E-state index is 10.8.